The van der Waals surface area contributed by atoms with Crippen LogP contribution in [0.15, 0.2) is 6.33 Å². The second kappa shape index (κ2) is 3.77. The van der Waals surface area contributed by atoms with Gasteiger partial charge in [0.15, 0.2) is 0 Å². The monoisotopic (exact) mass is 193 g/mol. The molecular formula is C4H8N3O4P. The van der Waals surface area contributed by atoms with E-state index in [0.29, 0.717) is 5.82 Å². The van der Waals surface area contributed by atoms with Gasteiger partial charge in [0.25, 0.3) is 0 Å². The zero-order valence-electron chi connectivity index (χ0n) is 6.04. The Hall–Kier alpha value is -0.750. The van der Waals surface area contributed by atoms with Crippen molar-refractivity contribution in [1.29, 1.82) is 0 Å². The van der Waals surface area contributed by atoms with E-state index in [2.05, 4.69) is 19.9 Å². The fourth-order valence-corrected chi connectivity index (χ4v) is 0.891. The van der Waals surface area contributed by atoms with E-state index < -0.39 is 13.9 Å². The van der Waals surface area contributed by atoms with Gasteiger partial charge in [0.1, 0.15) is 25.1 Å². The summed E-state index contributed by atoms with van der Waals surface area (Å²) in [6.45, 7) is 0.0190. The van der Waals surface area contributed by atoms with E-state index in [-0.39, 0.29) is 6.61 Å². The number of aromatic nitrogens is 3. The van der Waals surface area contributed by atoms with E-state index in [1.54, 1.807) is 0 Å². The number of hydrogen-bond donors (Lipinski definition) is 3. The lowest BCUT2D eigenvalue weighted by molar-refractivity contribution is 0.139. The molecular weight excluding hydrogens is 185 g/mol. The van der Waals surface area contributed by atoms with Crippen molar-refractivity contribution in [2.75, 3.05) is 6.35 Å². The quantitative estimate of drug-likeness (QED) is 0.554. The van der Waals surface area contributed by atoms with Gasteiger partial charge >= 0.3 is 7.60 Å². The molecule has 68 valence electrons. The molecule has 0 atom stereocenters. The number of H-pyrrole nitrogens is 1. The van der Waals surface area contributed by atoms with E-state index in [9.17, 15) is 4.57 Å². The lowest BCUT2D eigenvalue weighted by atomic mass is 10.7. The van der Waals surface area contributed by atoms with Gasteiger partial charge in [-0.2, -0.15) is 5.10 Å². The third kappa shape index (κ3) is 3.59. The molecule has 0 unspecified atom stereocenters. The number of nitrogens with zero attached hydrogens (tertiary/aromatic N) is 2. The average molecular weight is 193 g/mol. The Balaban J connectivity index is 2.24. The molecule has 1 rings (SSSR count). The Morgan fingerprint density at radius 3 is 2.92 bits per heavy atom. The third-order valence-corrected chi connectivity index (χ3v) is 1.48. The fraction of sp³-hybridized carbons (Fsp3) is 0.500. The molecule has 0 aliphatic heterocycles. The second-order valence-corrected chi connectivity index (χ2v) is 3.66. The van der Waals surface area contributed by atoms with Crippen molar-refractivity contribution in [3.05, 3.63) is 12.2 Å². The minimum atomic E-state index is -4.07. The lowest BCUT2D eigenvalue weighted by Crippen LogP contribution is -1.97. The van der Waals surface area contributed by atoms with Gasteiger partial charge < -0.3 is 14.5 Å². The Morgan fingerprint density at radius 1 is 1.67 bits per heavy atom. The van der Waals surface area contributed by atoms with Crippen LogP contribution >= 0.6 is 7.60 Å². The van der Waals surface area contributed by atoms with Crippen LogP contribution in [0.25, 0.3) is 0 Å². The second-order valence-electron chi connectivity index (χ2n) is 2.07. The van der Waals surface area contributed by atoms with Crippen molar-refractivity contribution in [2.45, 2.75) is 6.61 Å². The molecule has 0 bridgehead atoms. The number of aromatic amines is 1. The summed E-state index contributed by atoms with van der Waals surface area (Å²) in [5, 5.41) is 6.01. The van der Waals surface area contributed by atoms with Crippen LogP contribution in [-0.4, -0.2) is 31.3 Å². The van der Waals surface area contributed by atoms with Crippen LogP contribution < -0.4 is 0 Å². The normalized spacial score (nSPS) is 11.8. The van der Waals surface area contributed by atoms with Crippen molar-refractivity contribution >= 4 is 7.60 Å². The van der Waals surface area contributed by atoms with Crippen LogP contribution in [0.2, 0.25) is 0 Å². The van der Waals surface area contributed by atoms with Gasteiger partial charge in [-0.3, -0.25) is 9.66 Å². The van der Waals surface area contributed by atoms with Crippen LogP contribution in [0.5, 0.6) is 0 Å². The topological polar surface area (TPSA) is 108 Å². The third-order valence-electron chi connectivity index (χ3n) is 0.963. The van der Waals surface area contributed by atoms with Gasteiger partial charge in [-0.15, -0.1) is 0 Å². The van der Waals surface area contributed by atoms with Crippen LogP contribution in [-0.2, 0) is 15.9 Å². The maximum absolute atomic E-state index is 10.3. The molecule has 1 heterocycles. The number of rotatable bonds is 4. The summed E-state index contributed by atoms with van der Waals surface area (Å²) < 4.78 is 14.9. The van der Waals surface area contributed by atoms with Gasteiger partial charge in [-0.25, -0.2) is 4.98 Å². The van der Waals surface area contributed by atoms with Gasteiger partial charge in [0.05, 0.1) is 0 Å². The van der Waals surface area contributed by atoms with E-state index >= 15 is 0 Å². The molecule has 0 radical (unpaired) electrons. The predicted molar refractivity (Wildman–Crippen MR) is 38.1 cm³/mol. The Kier molecular flexibility index (Phi) is 2.93. The van der Waals surface area contributed by atoms with Crippen molar-refractivity contribution in [3.63, 3.8) is 0 Å². The van der Waals surface area contributed by atoms with E-state index in [1.807, 2.05) is 0 Å². The SMILES string of the molecule is O=P(O)(O)COCc1ncn[nH]1. The minimum Gasteiger partial charge on any atom is -0.361 e. The highest BCUT2D eigenvalue weighted by Crippen LogP contribution is 2.33. The first-order valence-electron chi connectivity index (χ1n) is 3.04. The van der Waals surface area contributed by atoms with Crippen LogP contribution in [0.4, 0.5) is 0 Å². The number of nitrogens with one attached hydrogen (secondary N) is 1. The van der Waals surface area contributed by atoms with Crippen molar-refractivity contribution in [2.24, 2.45) is 0 Å². The highest BCUT2D eigenvalue weighted by atomic mass is 31.2. The van der Waals surface area contributed by atoms with E-state index in [1.165, 1.54) is 6.33 Å². The summed E-state index contributed by atoms with van der Waals surface area (Å²) in [5.74, 6) is 0.434. The summed E-state index contributed by atoms with van der Waals surface area (Å²) in [6.07, 6.45) is 0.684. The summed E-state index contributed by atoms with van der Waals surface area (Å²) in [7, 11) is -4.07. The zero-order valence-corrected chi connectivity index (χ0v) is 6.94. The molecule has 0 saturated heterocycles. The van der Waals surface area contributed by atoms with Gasteiger partial charge in [-0.05, 0) is 0 Å². The smallest absolute Gasteiger partial charge is 0.350 e. The van der Waals surface area contributed by atoms with Gasteiger partial charge in [-0.1, -0.05) is 0 Å². The van der Waals surface area contributed by atoms with Crippen molar-refractivity contribution in [3.8, 4) is 0 Å². The maximum Gasteiger partial charge on any atom is 0.350 e. The first-order chi connectivity index (χ1) is 5.58. The molecule has 7 nitrogen and oxygen atoms in total. The van der Waals surface area contributed by atoms with Gasteiger partial charge in [0.2, 0.25) is 0 Å². The fourth-order valence-electron chi connectivity index (χ4n) is 0.562. The standard InChI is InChI=1S/C4H8N3O4P/c8-12(9,10)3-11-1-4-5-2-6-7-4/h2H,1,3H2,(H,5,6,7)(H2,8,9,10). The molecule has 12 heavy (non-hydrogen) atoms. The molecule has 8 heteroatoms. The van der Waals surface area contributed by atoms with Gasteiger partial charge in [0, 0.05) is 0 Å². The minimum absolute atomic E-state index is 0.0190. The summed E-state index contributed by atoms with van der Waals surface area (Å²) in [4.78, 5) is 20.5. The highest BCUT2D eigenvalue weighted by Gasteiger charge is 2.12. The lowest BCUT2D eigenvalue weighted by Gasteiger charge is -2.02. The van der Waals surface area contributed by atoms with Crippen LogP contribution in [0.3, 0.4) is 0 Å². The molecule has 1 aromatic heterocycles. The van der Waals surface area contributed by atoms with Crippen LogP contribution in [0, 0.1) is 0 Å². The first-order valence-corrected chi connectivity index (χ1v) is 4.84. The summed E-state index contributed by atoms with van der Waals surface area (Å²) >= 11 is 0. The number of ether oxygens (including phenoxy) is 1. The molecule has 1 aromatic rings. The zero-order chi connectivity index (χ0) is 9.03. The largest absolute Gasteiger partial charge is 0.361 e. The molecule has 0 aliphatic carbocycles. The van der Waals surface area contributed by atoms with E-state index in [4.69, 9.17) is 9.79 Å². The average Bonchev–Trinajstić information content (AvgIpc) is 2.36. The number of hydrogen-bond acceptors (Lipinski definition) is 4. The van der Waals surface area contributed by atoms with Crippen molar-refractivity contribution in [1.82, 2.24) is 15.2 Å². The van der Waals surface area contributed by atoms with E-state index in [0.717, 1.165) is 0 Å². The maximum atomic E-state index is 10.3. The Bertz CT molecular complexity index is 268. The molecule has 0 fully saturated rings. The molecule has 0 aliphatic rings. The highest BCUT2D eigenvalue weighted by molar-refractivity contribution is 7.51. The predicted octanol–water partition coefficient (Wildman–Crippen LogP) is -0.544. The summed E-state index contributed by atoms with van der Waals surface area (Å²) in [6, 6.07) is 0. The summed E-state index contributed by atoms with van der Waals surface area (Å²) in [5.41, 5.74) is 0. The molecule has 3 N–H and O–H groups in total. The Labute approximate surface area is 67.9 Å². The Morgan fingerprint density at radius 2 is 2.42 bits per heavy atom. The molecule has 0 aromatic carbocycles. The van der Waals surface area contributed by atoms with Crippen molar-refractivity contribution < 1.29 is 19.1 Å². The molecule has 0 saturated carbocycles. The van der Waals surface area contributed by atoms with Crippen LogP contribution in [0.1, 0.15) is 5.82 Å². The molecule has 0 spiro atoms. The molecule has 0 amide bonds. The first kappa shape index (κ1) is 9.34.